The van der Waals surface area contributed by atoms with Crippen molar-refractivity contribution in [2.45, 2.75) is 37.5 Å². The fourth-order valence-corrected chi connectivity index (χ4v) is 3.26. The van der Waals surface area contributed by atoms with Gasteiger partial charge >= 0.3 is 0 Å². The molecule has 0 bridgehead atoms. The van der Waals surface area contributed by atoms with Crippen molar-refractivity contribution >= 4 is 0 Å². The zero-order chi connectivity index (χ0) is 15.3. The Bertz CT molecular complexity index is 595. The first kappa shape index (κ1) is 14.8. The van der Waals surface area contributed by atoms with E-state index >= 15 is 0 Å². The molecule has 0 aromatic carbocycles. The van der Waals surface area contributed by atoms with Crippen molar-refractivity contribution in [3.05, 3.63) is 79.0 Å². The highest BCUT2D eigenvalue weighted by Gasteiger charge is 2.30. The minimum absolute atomic E-state index is 0.127. The second-order valence-electron chi connectivity index (χ2n) is 6.04. The van der Waals surface area contributed by atoms with Gasteiger partial charge in [-0.05, 0) is 72.9 Å². The van der Waals surface area contributed by atoms with Gasteiger partial charge in [0.2, 0.25) is 0 Å². The molecule has 0 aliphatic rings. The van der Waals surface area contributed by atoms with Crippen molar-refractivity contribution in [2.75, 3.05) is 0 Å². The molecule has 1 atom stereocenters. The maximum absolute atomic E-state index is 4.28. The van der Waals surface area contributed by atoms with Crippen LogP contribution in [0, 0.1) is 6.92 Å². The molecule has 1 unspecified atom stereocenters. The Hall–Kier alpha value is -2.16. The number of aryl methyl sites for hydroxylation is 2. The average Bonchev–Trinajstić information content (AvgIpc) is 3.31. The quantitative estimate of drug-likeness (QED) is 0.551. The Kier molecular flexibility index (Phi) is 4.52. The Balaban J connectivity index is 1.76. The highest BCUT2D eigenvalue weighted by Crippen LogP contribution is 2.37. The Morgan fingerprint density at radius 3 is 2.36 bits per heavy atom. The van der Waals surface area contributed by atoms with Gasteiger partial charge in [0, 0.05) is 36.7 Å². The molecule has 22 heavy (non-hydrogen) atoms. The van der Waals surface area contributed by atoms with E-state index in [0.717, 1.165) is 32.1 Å². The number of aromatic nitrogens is 3. The third-order valence-corrected chi connectivity index (χ3v) is 4.78. The van der Waals surface area contributed by atoms with E-state index in [4.69, 9.17) is 0 Å². The first-order valence-corrected chi connectivity index (χ1v) is 7.99. The molecule has 0 fully saturated rings. The maximum atomic E-state index is 4.28. The second-order valence-corrected chi connectivity index (χ2v) is 6.04. The summed E-state index contributed by atoms with van der Waals surface area (Å²) < 4.78 is 0. The monoisotopic (exact) mass is 294 g/mol. The zero-order valence-corrected chi connectivity index (χ0v) is 12.9. The molecule has 3 N–H and O–H groups in total. The van der Waals surface area contributed by atoms with Crippen LogP contribution in [0.3, 0.4) is 0 Å². The molecule has 3 heterocycles. The second kappa shape index (κ2) is 6.73. The lowest BCUT2D eigenvalue weighted by Gasteiger charge is -2.32. The topological polar surface area (TPSA) is 47.4 Å². The lowest BCUT2D eigenvalue weighted by Crippen LogP contribution is -2.27. The van der Waals surface area contributed by atoms with Crippen molar-refractivity contribution < 1.29 is 0 Å². The van der Waals surface area contributed by atoms with Gasteiger partial charge in [0.15, 0.2) is 0 Å². The molecule has 0 aliphatic heterocycles. The van der Waals surface area contributed by atoms with Crippen molar-refractivity contribution in [1.29, 1.82) is 0 Å². The summed E-state index contributed by atoms with van der Waals surface area (Å²) in [5, 5.41) is 0. The fourth-order valence-electron chi connectivity index (χ4n) is 3.26. The van der Waals surface area contributed by atoms with Crippen LogP contribution in [-0.4, -0.2) is 15.0 Å². The smallest absolute Gasteiger partial charge is 0.0147 e. The molecule has 0 amide bonds. The van der Waals surface area contributed by atoms with E-state index < -0.39 is 0 Å². The standard InChI is InChI=1S/C19H24N3/c1-2-19(17-8-13-21-15-17,9-5-16-7-12-20-14-16)10-6-18-4-3-11-22-18/h3-4,7-8,11-15,20-22H,1-2,5-6,9-10H2. The Labute approximate surface area is 132 Å². The molecule has 3 heteroatoms. The van der Waals surface area contributed by atoms with Crippen LogP contribution in [0.2, 0.25) is 0 Å². The van der Waals surface area contributed by atoms with Gasteiger partial charge in [-0.2, -0.15) is 0 Å². The van der Waals surface area contributed by atoms with Crippen LogP contribution < -0.4 is 0 Å². The number of aromatic amines is 3. The van der Waals surface area contributed by atoms with Crippen LogP contribution in [0.4, 0.5) is 0 Å². The number of nitrogens with one attached hydrogen (secondary N) is 3. The van der Waals surface area contributed by atoms with Crippen LogP contribution in [0.5, 0.6) is 0 Å². The van der Waals surface area contributed by atoms with Crippen molar-refractivity contribution in [2.24, 2.45) is 0 Å². The van der Waals surface area contributed by atoms with Gasteiger partial charge in [-0.15, -0.1) is 0 Å². The van der Waals surface area contributed by atoms with E-state index in [1.165, 1.54) is 16.8 Å². The van der Waals surface area contributed by atoms with Crippen molar-refractivity contribution in [1.82, 2.24) is 15.0 Å². The fraction of sp³-hybridized carbons (Fsp3) is 0.316. The molecular weight excluding hydrogens is 270 g/mol. The van der Waals surface area contributed by atoms with Crippen LogP contribution in [-0.2, 0) is 18.3 Å². The minimum atomic E-state index is 0.127. The summed E-state index contributed by atoms with van der Waals surface area (Å²) in [4.78, 5) is 9.68. The Morgan fingerprint density at radius 1 is 0.909 bits per heavy atom. The summed E-state index contributed by atoms with van der Waals surface area (Å²) in [6.07, 6.45) is 15.5. The summed E-state index contributed by atoms with van der Waals surface area (Å²) in [7, 11) is 0. The maximum Gasteiger partial charge on any atom is 0.0147 e. The van der Waals surface area contributed by atoms with E-state index in [1.807, 2.05) is 18.6 Å². The number of hydrogen-bond acceptors (Lipinski definition) is 0. The number of hydrogen-bond donors (Lipinski definition) is 3. The molecule has 3 aromatic rings. The molecule has 3 nitrogen and oxygen atoms in total. The summed E-state index contributed by atoms with van der Waals surface area (Å²) in [5.74, 6) is 0. The van der Waals surface area contributed by atoms with E-state index in [2.05, 4.69) is 58.5 Å². The zero-order valence-electron chi connectivity index (χ0n) is 12.9. The SMILES string of the molecule is [CH2]CC(CCc1cc[nH]c1)(CCc1ccc[nH]1)c1cc[nH]c1. The Morgan fingerprint density at radius 2 is 1.73 bits per heavy atom. The van der Waals surface area contributed by atoms with E-state index in [-0.39, 0.29) is 5.41 Å². The lowest BCUT2D eigenvalue weighted by atomic mass is 9.71. The molecule has 3 rings (SSSR count). The van der Waals surface area contributed by atoms with Crippen LogP contribution in [0.15, 0.2) is 55.2 Å². The van der Waals surface area contributed by atoms with Gasteiger partial charge in [0.1, 0.15) is 0 Å². The highest BCUT2D eigenvalue weighted by atomic mass is 14.7. The summed E-state index contributed by atoms with van der Waals surface area (Å²) in [5.41, 5.74) is 4.18. The van der Waals surface area contributed by atoms with E-state index in [1.54, 1.807) is 0 Å². The molecule has 0 saturated carbocycles. The predicted octanol–water partition coefficient (Wildman–Crippen LogP) is 4.40. The van der Waals surface area contributed by atoms with Crippen LogP contribution in [0.1, 0.15) is 36.1 Å². The van der Waals surface area contributed by atoms with Gasteiger partial charge in [-0.25, -0.2) is 0 Å². The molecule has 115 valence electrons. The first-order valence-electron chi connectivity index (χ1n) is 7.99. The first-order chi connectivity index (χ1) is 10.8. The molecule has 0 saturated heterocycles. The van der Waals surface area contributed by atoms with Gasteiger partial charge in [0.05, 0.1) is 0 Å². The number of rotatable bonds is 8. The third-order valence-electron chi connectivity index (χ3n) is 4.78. The van der Waals surface area contributed by atoms with E-state index in [0.29, 0.717) is 0 Å². The molecule has 3 aromatic heterocycles. The molecule has 0 aliphatic carbocycles. The van der Waals surface area contributed by atoms with Crippen molar-refractivity contribution in [3.63, 3.8) is 0 Å². The van der Waals surface area contributed by atoms with Gasteiger partial charge in [-0.3, -0.25) is 0 Å². The normalized spacial score (nSPS) is 14.0. The molecule has 1 radical (unpaired) electrons. The van der Waals surface area contributed by atoms with Gasteiger partial charge in [-0.1, -0.05) is 6.92 Å². The van der Waals surface area contributed by atoms with Crippen LogP contribution >= 0.6 is 0 Å². The van der Waals surface area contributed by atoms with E-state index in [9.17, 15) is 0 Å². The van der Waals surface area contributed by atoms with Crippen LogP contribution in [0.25, 0.3) is 0 Å². The van der Waals surface area contributed by atoms with Gasteiger partial charge < -0.3 is 15.0 Å². The summed E-state index contributed by atoms with van der Waals surface area (Å²) in [6.45, 7) is 4.28. The summed E-state index contributed by atoms with van der Waals surface area (Å²) >= 11 is 0. The lowest BCUT2D eigenvalue weighted by molar-refractivity contribution is 0.365. The van der Waals surface area contributed by atoms with Gasteiger partial charge in [0.25, 0.3) is 0 Å². The number of H-pyrrole nitrogens is 3. The highest BCUT2D eigenvalue weighted by molar-refractivity contribution is 5.24. The van der Waals surface area contributed by atoms with Crippen molar-refractivity contribution in [3.8, 4) is 0 Å². The predicted molar refractivity (Wildman–Crippen MR) is 90.7 cm³/mol. The molecule has 0 spiro atoms. The minimum Gasteiger partial charge on any atom is -0.367 e. The third kappa shape index (κ3) is 3.19. The molecular formula is C19H24N3. The summed E-state index contributed by atoms with van der Waals surface area (Å²) in [6, 6.07) is 8.60. The largest absolute Gasteiger partial charge is 0.367 e. The average molecular weight is 294 g/mol.